The molecule has 0 bridgehead atoms. The molecule has 0 aliphatic carbocycles. The van der Waals surface area contributed by atoms with Crippen LogP contribution in [-0.4, -0.2) is 29.8 Å². The van der Waals surface area contributed by atoms with Crippen molar-refractivity contribution >= 4 is 5.78 Å². The monoisotopic (exact) mass is 247 g/mol. The number of Topliss-reactive ketones (excluding diaryl/α,β-unsaturated/α-hetero) is 1. The van der Waals surface area contributed by atoms with Gasteiger partial charge in [0.25, 0.3) is 0 Å². The standard InChI is InChI=1S/C16H25NO/c1-6-10-17(7-2)14(5)16(18)15-11-12(3)8-9-13(15)4/h8-9,11,14H,6-7,10H2,1-5H3. The summed E-state index contributed by atoms with van der Waals surface area (Å²) >= 11 is 0. The van der Waals surface area contributed by atoms with E-state index in [4.69, 9.17) is 0 Å². The van der Waals surface area contributed by atoms with Gasteiger partial charge in [-0.1, -0.05) is 31.5 Å². The van der Waals surface area contributed by atoms with E-state index >= 15 is 0 Å². The zero-order chi connectivity index (χ0) is 13.7. The van der Waals surface area contributed by atoms with E-state index in [2.05, 4.69) is 24.8 Å². The number of benzene rings is 1. The molecule has 0 saturated heterocycles. The Bertz CT molecular complexity index is 412. The summed E-state index contributed by atoms with van der Waals surface area (Å²) in [5.74, 6) is 0.242. The summed E-state index contributed by atoms with van der Waals surface area (Å²) in [6, 6.07) is 6.06. The van der Waals surface area contributed by atoms with Crippen LogP contribution in [0, 0.1) is 13.8 Å². The van der Waals surface area contributed by atoms with Gasteiger partial charge in [0.15, 0.2) is 5.78 Å². The molecule has 1 atom stereocenters. The predicted molar refractivity (Wildman–Crippen MR) is 77.2 cm³/mol. The lowest BCUT2D eigenvalue weighted by atomic mass is 9.97. The second-order valence-corrected chi connectivity index (χ2v) is 4.99. The molecular weight excluding hydrogens is 222 g/mol. The van der Waals surface area contributed by atoms with Crippen molar-refractivity contribution in [3.05, 3.63) is 34.9 Å². The second-order valence-electron chi connectivity index (χ2n) is 4.99. The van der Waals surface area contributed by atoms with Crippen LogP contribution in [-0.2, 0) is 0 Å². The minimum absolute atomic E-state index is 0.0320. The summed E-state index contributed by atoms with van der Waals surface area (Å²) in [6.45, 7) is 12.2. The van der Waals surface area contributed by atoms with Crippen molar-refractivity contribution in [2.45, 2.75) is 47.1 Å². The quantitative estimate of drug-likeness (QED) is 0.716. The highest BCUT2D eigenvalue weighted by molar-refractivity contribution is 6.01. The second kappa shape index (κ2) is 6.69. The van der Waals surface area contributed by atoms with Crippen molar-refractivity contribution in [1.82, 2.24) is 4.90 Å². The fraction of sp³-hybridized carbons (Fsp3) is 0.562. The summed E-state index contributed by atoms with van der Waals surface area (Å²) in [6.07, 6.45) is 1.08. The molecule has 2 nitrogen and oxygen atoms in total. The summed E-state index contributed by atoms with van der Waals surface area (Å²) in [7, 11) is 0. The lowest BCUT2D eigenvalue weighted by Crippen LogP contribution is -2.39. The Morgan fingerprint density at radius 2 is 1.94 bits per heavy atom. The first-order valence-electron chi connectivity index (χ1n) is 6.86. The Labute approximate surface area is 111 Å². The van der Waals surface area contributed by atoms with Crippen molar-refractivity contribution in [2.75, 3.05) is 13.1 Å². The van der Waals surface area contributed by atoms with Crippen LogP contribution in [0.3, 0.4) is 0 Å². The zero-order valence-corrected chi connectivity index (χ0v) is 12.3. The van der Waals surface area contributed by atoms with Crippen LogP contribution in [0.25, 0.3) is 0 Å². The van der Waals surface area contributed by atoms with Crippen molar-refractivity contribution in [2.24, 2.45) is 0 Å². The van der Waals surface area contributed by atoms with E-state index in [1.54, 1.807) is 0 Å². The van der Waals surface area contributed by atoms with Gasteiger partial charge in [-0.25, -0.2) is 0 Å². The van der Waals surface area contributed by atoms with Gasteiger partial charge < -0.3 is 0 Å². The lowest BCUT2D eigenvalue weighted by molar-refractivity contribution is 0.0844. The first-order chi connectivity index (χ1) is 8.51. The van der Waals surface area contributed by atoms with Gasteiger partial charge in [-0.15, -0.1) is 0 Å². The smallest absolute Gasteiger partial charge is 0.179 e. The fourth-order valence-corrected chi connectivity index (χ4v) is 2.31. The Kier molecular flexibility index (Phi) is 5.54. The van der Waals surface area contributed by atoms with E-state index in [1.807, 2.05) is 32.9 Å². The molecule has 1 aromatic carbocycles. The molecule has 0 heterocycles. The van der Waals surface area contributed by atoms with Gasteiger partial charge in [-0.2, -0.15) is 0 Å². The number of ketones is 1. The molecule has 1 rings (SSSR count). The molecule has 18 heavy (non-hydrogen) atoms. The number of rotatable bonds is 6. The highest BCUT2D eigenvalue weighted by Gasteiger charge is 2.21. The predicted octanol–water partition coefficient (Wildman–Crippen LogP) is 3.61. The van der Waals surface area contributed by atoms with E-state index in [0.29, 0.717) is 0 Å². The van der Waals surface area contributed by atoms with Gasteiger partial charge in [0.1, 0.15) is 0 Å². The van der Waals surface area contributed by atoms with Crippen molar-refractivity contribution in [3.63, 3.8) is 0 Å². The zero-order valence-electron chi connectivity index (χ0n) is 12.3. The van der Waals surface area contributed by atoms with Gasteiger partial charge in [-0.05, 0) is 51.9 Å². The molecule has 2 heteroatoms. The van der Waals surface area contributed by atoms with Crippen LogP contribution in [0.5, 0.6) is 0 Å². The average molecular weight is 247 g/mol. The normalized spacial score (nSPS) is 12.8. The third-order valence-corrected chi connectivity index (χ3v) is 3.50. The molecule has 0 aromatic heterocycles. The van der Waals surface area contributed by atoms with Crippen LogP contribution in [0.1, 0.15) is 48.7 Å². The van der Waals surface area contributed by atoms with E-state index in [0.717, 1.165) is 36.2 Å². The third kappa shape index (κ3) is 3.42. The fourth-order valence-electron chi connectivity index (χ4n) is 2.31. The number of aryl methyl sites for hydroxylation is 2. The van der Waals surface area contributed by atoms with Gasteiger partial charge in [0.2, 0.25) is 0 Å². The van der Waals surface area contributed by atoms with Crippen molar-refractivity contribution < 1.29 is 4.79 Å². The Morgan fingerprint density at radius 1 is 1.28 bits per heavy atom. The topological polar surface area (TPSA) is 20.3 Å². The van der Waals surface area contributed by atoms with Crippen LogP contribution >= 0.6 is 0 Å². The number of likely N-dealkylation sites (N-methyl/N-ethyl adjacent to an activating group) is 1. The van der Waals surface area contributed by atoms with Crippen molar-refractivity contribution in [3.8, 4) is 0 Å². The third-order valence-electron chi connectivity index (χ3n) is 3.50. The van der Waals surface area contributed by atoms with Gasteiger partial charge in [0.05, 0.1) is 6.04 Å². The van der Waals surface area contributed by atoms with E-state index in [9.17, 15) is 4.79 Å². The number of hydrogen-bond donors (Lipinski definition) is 0. The summed E-state index contributed by atoms with van der Waals surface area (Å²) in [4.78, 5) is 14.8. The van der Waals surface area contributed by atoms with Crippen LogP contribution in [0.4, 0.5) is 0 Å². The molecule has 0 aliphatic rings. The molecule has 0 saturated carbocycles. The van der Waals surface area contributed by atoms with E-state index < -0.39 is 0 Å². The van der Waals surface area contributed by atoms with E-state index in [-0.39, 0.29) is 11.8 Å². The SMILES string of the molecule is CCCN(CC)C(C)C(=O)c1cc(C)ccc1C. The molecule has 0 spiro atoms. The minimum Gasteiger partial charge on any atom is -0.294 e. The van der Waals surface area contributed by atoms with Crippen LogP contribution in [0.15, 0.2) is 18.2 Å². The number of nitrogens with zero attached hydrogens (tertiary/aromatic N) is 1. The summed E-state index contributed by atoms with van der Waals surface area (Å²) < 4.78 is 0. The maximum Gasteiger partial charge on any atom is 0.179 e. The number of hydrogen-bond acceptors (Lipinski definition) is 2. The Hall–Kier alpha value is -1.15. The number of carbonyl (C=O) groups excluding carboxylic acids is 1. The molecular formula is C16H25NO. The van der Waals surface area contributed by atoms with Gasteiger partial charge >= 0.3 is 0 Å². The van der Waals surface area contributed by atoms with Crippen LogP contribution in [0.2, 0.25) is 0 Å². The molecule has 100 valence electrons. The Balaban J connectivity index is 2.95. The van der Waals surface area contributed by atoms with Gasteiger partial charge in [-0.3, -0.25) is 9.69 Å². The first-order valence-corrected chi connectivity index (χ1v) is 6.86. The molecule has 0 fully saturated rings. The Morgan fingerprint density at radius 3 is 2.50 bits per heavy atom. The molecule has 1 unspecified atom stereocenters. The molecule has 0 aliphatic heterocycles. The largest absolute Gasteiger partial charge is 0.294 e. The van der Waals surface area contributed by atoms with Crippen LogP contribution < -0.4 is 0 Å². The maximum atomic E-state index is 12.6. The summed E-state index contributed by atoms with van der Waals surface area (Å²) in [5, 5.41) is 0. The average Bonchev–Trinajstić information content (AvgIpc) is 2.37. The summed E-state index contributed by atoms with van der Waals surface area (Å²) in [5.41, 5.74) is 3.09. The first kappa shape index (κ1) is 14.9. The van der Waals surface area contributed by atoms with Gasteiger partial charge in [0, 0.05) is 5.56 Å². The highest BCUT2D eigenvalue weighted by atomic mass is 16.1. The van der Waals surface area contributed by atoms with Crippen molar-refractivity contribution in [1.29, 1.82) is 0 Å². The number of carbonyl (C=O) groups is 1. The maximum absolute atomic E-state index is 12.6. The lowest BCUT2D eigenvalue weighted by Gasteiger charge is -2.26. The van der Waals surface area contributed by atoms with E-state index in [1.165, 1.54) is 0 Å². The minimum atomic E-state index is -0.0320. The molecule has 0 radical (unpaired) electrons. The molecule has 0 amide bonds. The molecule has 1 aromatic rings. The molecule has 0 N–H and O–H groups in total. The highest BCUT2D eigenvalue weighted by Crippen LogP contribution is 2.15.